The van der Waals surface area contributed by atoms with Gasteiger partial charge in [0, 0.05) is 33.3 Å². The van der Waals surface area contributed by atoms with Crippen molar-refractivity contribution >= 4 is 56.6 Å². The Kier molecular flexibility index (Phi) is 4.38. The number of anilines is 1. The molecule has 0 unspecified atom stereocenters. The van der Waals surface area contributed by atoms with E-state index in [1.165, 1.54) is 6.07 Å². The van der Waals surface area contributed by atoms with E-state index in [1.54, 1.807) is 23.6 Å². The summed E-state index contributed by atoms with van der Waals surface area (Å²) in [5, 5.41) is 22.9. The van der Waals surface area contributed by atoms with E-state index in [-0.39, 0.29) is 5.69 Å². The van der Waals surface area contributed by atoms with Crippen LogP contribution in [0.15, 0.2) is 59.9 Å². The number of non-ortho nitro benzene ring substituents is 1. The molecule has 0 fully saturated rings. The molecule has 0 amide bonds. The lowest BCUT2D eigenvalue weighted by Crippen LogP contribution is -2.07. The van der Waals surface area contributed by atoms with Crippen LogP contribution < -0.4 is 5.32 Å². The lowest BCUT2D eigenvalue weighted by Gasteiger charge is -2.12. The van der Waals surface area contributed by atoms with Gasteiger partial charge in [0.1, 0.15) is 5.52 Å². The molecular weight excluding hydrogens is 422 g/mol. The second-order valence-corrected chi connectivity index (χ2v) is 8.45. The van der Waals surface area contributed by atoms with Gasteiger partial charge in [-0.05, 0) is 25.1 Å². The fourth-order valence-corrected chi connectivity index (χ4v) is 4.55. The Morgan fingerprint density at radius 2 is 2.00 bits per heavy atom. The van der Waals surface area contributed by atoms with Gasteiger partial charge < -0.3 is 5.32 Å². The molecule has 3 heterocycles. The first-order valence-corrected chi connectivity index (χ1v) is 10.2. The largest absolute Gasteiger partial charge is 0.359 e. The molecule has 5 rings (SSSR count). The van der Waals surface area contributed by atoms with Gasteiger partial charge in [-0.25, -0.2) is 4.99 Å². The van der Waals surface area contributed by atoms with E-state index in [2.05, 4.69) is 15.5 Å². The van der Waals surface area contributed by atoms with E-state index < -0.39 is 4.92 Å². The summed E-state index contributed by atoms with van der Waals surface area (Å²) in [5.41, 5.74) is 3.53. The van der Waals surface area contributed by atoms with Crippen LogP contribution >= 0.6 is 22.9 Å². The highest BCUT2D eigenvalue weighted by Gasteiger charge is 2.26. The Labute approximate surface area is 179 Å². The molecule has 2 aromatic carbocycles. The molecule has 4 aromatic rings. The predicted octanol–water partition coefficient (Wildman–Crippen LogP) is 5.76. The summed E-state index contributed by atoms with van der Waals surface area (Å²) in [7, 11) is 0. The lowest BCUT2D eigenvalue weighted by molar-refractivity contribution is -0.383. The number of thiophene rings is 1. The highest BCUT2D eigenvalue weighted by molar-refractivity contribution is 7.13. The molecule has 30 heavy (non-hydrogen) atoms. The maximum atomic E-state index is 11.7. The number of hydrogen-bond acceptors (Lipinski definition) is 6. The number of hydrogen-bond donors (Lipinski definition) is 2. The normalized spacial score (nSPS) is 13.3. The number of nitro benzene ring substituents is 1. The average Bonchev–Trinajstić information content (AvgIpc) is 3.34. The number of benzene rings is 2. The van der Waals surface area contributed by atoms with Gasteiger partial charge in [-0.2, -0.15) is 5.10 Å². The van der Waals surface area contributed by atoms with Crippen molar-refractivity contribution in [3.05, 3.63) is 90.9 Å². The van der Waals surface area contributed by atoms with Gasteiger partial charge in [0.2, 0.25) is 0 Å². The van der Waals surface area contributed by atoms with Crippen molar-refractivity contribution in [1.82, 2.24) is 10.2 Å². The van der Waals surface area contributed by atoms with Crippen LogP contribution in [0.25, 0.3) is 16.6 Å². The number of nitrogens with zero attached hydrogens (tertiary/aromatic N) is 3. The molecule has 9 heteroatoms. The molecule has 0 bridgehead atoms. The monoisotopic (exact) mass is 435 g/mol. The molecule has 1 aliphatic rings. The smallest absolute Gasteiger partial charge is 0.295 e. The third kappa shape index (κ3) is 2.97. The van der Waals surface area contributed by atoms with Crippen LogP contribution in [0.2, 0.25) is 5.02 Å². The van der Waals surface area contributed by atoms with Gasteiger partial charge >= 0.3 is 0 Å². The first kappa shape index (κ1) is 18.5. The SMILES string of the molecule is Cc1ccc(C2=CNc3c(cc([N+](=O)[O-])c4[nH]ncc34)C(c3ccccc3Cl)=N2)s1. The first-order chi connectivity index (χ1) is 14.5. The molecule has 0 saturated carbocycles. The molecule has 2 N–H and O–H groups in total. The van der Waals surface area contributed by atoms with E-state index in [1.807, 2.05) is 43.5 Å². The molecule has 0 aliphatic carbocycles. The molecule has 0 spiro atoms. The minimum absolute atomic E-state index is 0.0711. The topological polar surface area (TPSA) is 96.2 Å². The Hall–Kier alpha value is -3.49. The highest BCUT2D eigenvalue weighted by Crippen LogP contribution is 2.39. The third-order valence-electron chi connectivity index (χ3n) is 4.87. The zero-order valence-electron chi connectivity index (χ0n) is 15.6. The zero-order chi connectivity index (χ0) is 20.8. The molecule has 0 radical (unpaired) electrons. The Bertz CT molecular complexity index is 1390. The number of halogens is 1. The predicted molar refractivity (Wildman–Crippen MR) is 120 cm³/mol. The highest BCUT2D eigenvalue weighted by atomic mass is 35.5. The standard InChI is InChI=1S/C21H14ClN5O2S/c1-11-6-7-18(30-11)16-10-23-19-13(20(25-16)12-4-2-3-5-15(12)22)8-17(27(28)29)21-14(19)9-24-26-21/h2-10,23H,1H3,(H,24,26). The number of fused-ring (bicyclic) bond motifs is 3. The lowest BCUT2D eigenvalue weighted by atomic mass is 9.97. The second-order valence-electron chi connectivity index (χ2n) is 6.76. The van der Waals surface area contributed by atoms with Gasteiger partial charge in [-0.3, -0.25) is 15.2 Å². The number of aryl methyl sites for hydroxylation is 1. The number of H-pyrrole nitrogens is 1. The molecule has 0 atom stereocenters. The minimum Gasteiger partial charge on any atom is -0.359 e. The summed E-state index contributed by atoms with van der Waals surface area (Å²) in [6.07, 6.45) is 3.39. The third-order valence-corrected chi connectivity index (χ3v) is 6.23. The van der Waals surface area contributed by atoms with E-state index in [9.17, 15) is 10.1 Å². The van der Waals surface area contributed by atoms with Gasteiger partial charge in [-0.1, -0.05) is 29.8 Å². The van der Waals surface area contributed by atoms with Crippen molar-refractivity contribution in [1.29, 1.82) is 0 Å². The van der Waals surface area contributed by atoms with Crippen molar-refractivity contribution in [2.75, 3.05) is 5.32 Å². The van der Waals surface area contributed by atoms with Crippen molar-refractivity contribution in [3.8, 4) is 0 Å². The Morgan fingerprint density at radius 3 is 2.73 bits per heavy atom. The molecule has 7 nitrogen and oxygen atoms in total. The zero-order valence-corrected chi connectivity index (χ0v) is 17.2. The van der Waals surface area contributed by atoms with Gasteiger partial charge in [0.05, 0.1) is 38.5 Å². The van der Waals surface area contributed by atoms with Gasteiger partial charge in [0.15, 0.2) is 0 Å². The van der Waals surface area contributed by atoms with E-state index in [4.69, 9.17) is 16.6 Å². The number of aromatic nitrogens is 2. The fourth-order valence-electron chi connectivity index (χ4n) is 3.49. The summed E-state index contributed by atoms with van der Waals surface area (Å²) >= 11 is 8.13. The fraction of sp³-hybridized carbons (Fsp3) is 0.0476. The first-order valence-electron chi connectivity index (χ1n) is 9.05. The second kappa shape index (κ2) is 7.08. The van der Waals surface area contributed by atoms with E-state index >= 15 is 0 Å². The van der Waals surface area contributed by atoms with Gasteiger partial charge in [0.25, 0.3) is 5.69 Å². The summed E-state index contributed by atoms with van der Waals surface area (Å²) in [6, 6.07) is 12.9. The maximum absolute atomic E-state index is 11.7. The summed E-state index contributed by atoms with van der Waals surface area (Å²) in [6.45, 7) is 2.03. The number of aliphatic imine (C=N–C) groups is 1. The minimum atomic E-state index is -0.424. The molecular formula is C21H14ClN5O2S. The Balaban J connectivity index is 1.84. The van der Waals surface area contributed by atoms with Crippen molar-refractivity contribution in [2.45, 2.75) is 6.92 Å². The van der Waals surface area contributed by atoms with Crippen molar-refractivity contribution in [3.63, 3.8) is 0 Å². The van der Waals surface area contributed by atoms with Crippen LogP contribution in [-0.2, 0) is 0 Å². The molecule has 1 aliphatic heterocycles. The van der Waals surface area contributed by atoms with Crippen LogP contribution in [0.5, 0.6) is 0 Å². The summed E-state index contributed by atoms with van der Waals surface area (Å²) in [5.74, 6) is 0. The molecule has 148 valence electrons. The van der Waals surface area contributed by atoms with Crippen LogP contribution in [0.3, 0.4) is 0 Å². The van der Waals surface area contributed by atoms with Gasteiger partial charge in [-0.15, -0.1) is 11.3 Å². The summed E-state index contributed by atoms with van der Waals surface area (Å²) < 4.78 is 0. The van der Waals surface area contributed by atoms with Crippen LogP contribution in [-0.4, -0.2) is 20.8 Å². The number of rotatable bonds is 3. The van der Waals surface area contributed by atoms with E-state index in [0.29, 0.717) is 38.5 Å². The van der Waals surface area contributed by atoms with E-state index in [0.717, 1.165) is 15.5 Å². The van der Waals surface area contributed by atoms with Crippen LogP contribution in [0.4, 0.5) is 11.4 Å². The van der Waals surface area contributed by atoms with Crippen LogP contribution in [0.1, 0.15) is 20.9 Å². The number of aromatic amines is 1. The maximum Gasteiger partial charge on any atom is 0.295 e. The average molecular weight is 436 g/mol. The quantitative estimate of drug-likeness (QED) is 0.316. The summed E-state index contributed by atoms with van der Waals surface area (Å²) in [4.78, 5) is 18.4. The molecule has 2 aromatic heterocycles. The Morgan fingerprint density at radius 1 is 1.17 bits per heavy atom. The number of nitrogens with one attached hydrogen (secondary N) is 2. The molecule has 0 saturated heterocycles. The number of nitro groups is 1. The van der Waals surface area contributed by atoms with Crippen molar-refractivity contribution < 1.29 is 4.92 Å². The van der Waals surface area contributed by atoms with Crippen molar-refractivity contribution in [2.24, 2.45) is 4.99 Å². The van der Waals surface area contributed by atoms with Crippen LogP contribution in [0, 0.1) is 17.0 Å².